The zero-order valence-electron chi connectivity index (χ0n) is 19.1. The number of rotatable bonds is 7. The third kappa shape index (κ3) is 6.00. The predicted octanol–water partition coefficient (Wildman–Crippen LogP) is 2.31. The fraction of sp³-hybridized carbons (Fsp3) is 0.476. The van der Waals surface area contributed by atoms with Gasteiger partial charge in [0.25, 0.3) is 5.56 Å². The molecule has 0 aromatic carbocycles. The van der Waals surface area contributed by atoms with Gasteiger partial charge in [-0.1, -0.05) is 0 Å². The molecule has 0 aliphatic carbocycles. The largest absolute Gasteiger partial charge is 0.435 e. The summed E-state index contributed by atoms with van der Waals surface area (Å²) < 4.78 is 84.1. The maximum atomic E-state index is 13.2. The molecule has 1 aliphatic heterocycles. The average molecular weight is 533 g/mol. The number of hydrogen-bond donors (Lipinski definition) is 1. The summed E-state index contributed by atoms with van der Waals surface area (Å²) in [5.41, 5.74) is -3.24. The zero-order chi connectivity index (χ0) is 26.8. The highest BCUT2D eigenvalue weighted by molar-refractivity contribution is 5.80. The molecule has 3 aromatic heterocycles. The molecule has 1 saturated heterocycles. The van der Waals surface area contributed by atoms with E-state index in [0.717, 1.165) is 23.1 Å². The van der Waals surface area contributed by atoms with Gasteiger partial charge in [0.2, 0.25) is 5.91 Å². The molecule has 1 aliphatic rings. The van der Waals surface area contributed by atoms with E-state index in [4.69, 9.17) is 4.74 Å². The van der Waals surface area contributed by atoms with Crippen molar-refractivity contribution in [1.82, 2.24) is 29.9 Å². The van der Waals surface area contributed by atoms with Gasteiger partial charge in [-0.3, -0.25) is 14.3 Å². The van der Waals surface area contributed by atoms with Gasteiger partial charge in [-0.15, -0.1) is 0 Å². The van der Waals surface area contributed by atoms with Crippen LogP contribution in [0.3, 0.4) is 0 Å². The molecule has 0 spiro atoms. The van der Waals surface area contributed by atoms with Crippen molar-refractivity contribution in [1.29, 1.82) is 0 Å². The highest BCUT2D eigenvalue weighted by atomic mass is 19.4. The molecular weight excluding hydrogens is 512 g/mol. The number of alkyl halides is 6. The van der Waals surface area contributed by atoms with Crippen LogP contribution < -0.4 is 10.5 Å². The number of amides is 1. The minimum absolute atomic E-state index is 0.0175. The van der Waals surface area contributed by atoms with Gasteiger partial charge in [0, 0.05) is 32.4 Å². The van der Waals surface area contributed by atoms with E-state index in [9.17, 15) is 35.9 Å². The maximum Gasteiger partial charge on any atom is 0.435 e. The van der Waals surface area contributed by atoms with E-state index in [2.05, 4.69) is 15.2 Å². The number of fused-ring (bicyclic) bond motifs is 1. The van der Waals surface area contributed by atoms with Crippen molar-refractivity contribution >= 4 is 22.6 Å². The zero-order valence-corrected chi connectivity index (χ0v) is 19.1. The van der Waals surface area contributed by atoms with E-state index in [0.29, 0.717) is 32.0 Å². The summed E-state index contributed by atoms with van der Waals surface area (Å²) in [4.78, 5) is 31.5. The SMILES string of the molecule is O=C(CCOCCn1nc(C(F)(F)F)c2c(=O)[nH]ncc21)N1CCN(c2ccc(C(F)(F)F)cn2)CC1. The Morgan fingerprint density at radius 2 is 1.73 bits per heavy atom. The smallest absolute Gasteiger partial charge is 0.379 e. The van der Waals surface area contributed by atoms with Gasteiger partial charge in [-0.05, 0) is 12.1 Å². The van der Waals surface area contributed by atoms with Gasteiger partial charge in [0.05, 0.1) is 43.5 Å². The number of aromatic amines is 1. The van der Waals surface area contributed by atoms with Crippen LogP contribution >= 0.6 is 0 Å². The number of carbonyl (C=O) groups is 1. The Bertz CT molecular complexity index is 1300. The fourth-order valence-corrected chi connectivity index (χ4v) is 3.90. The molecule has 1 N–H and O–H groups in total. The molecule has 37 heavy (non-hydrogen) atoms. The Kier molecular flexibility index (Phi) is 7.38. The summed E-state index contributed by atoms with van der Waals surface area (Å²) in [7, 11) is 0. The lowest BCUT2D eigenvalue weighted by molar-refractivity contribution is -0.140. The number of halogens is 6. The highest BCUT2D eigenvalue weighted by Crippen LogP contribution is 2.32. The first-order valence-corrected chi connectivity index (χ1v) is 11.1. The lowest BCUT2D eigenvalue weighted by atomic mass is 10.2. The van der Waals surface area contributed by atoms with E-state index in [1.165, 1.54) is 6.07 Å². The first kappa shape index (κ1) is 26.4. The molecule has 1 amide bonds. The predicted molar refractivity (Wildman–Crippen MR) is 117 cm³/mol. The first-order chi connectivity index (χ1) is 17.4. The highest BCUT2D eigenvalue weighted by Gasteiger charge is 2.38. The van der Waals surface area contributed by atoms with Crippen LogP contribution in [0.25, 0.3) is 10.9 Å². The molecule has 0 atom stereocenters. The van der Waals surface area contributed by atoms with Crippen molar-refractivity contribution in [3.8, 4) is 0 Å². The number of hydrogen-bond acceptors (Lipinski definition) is 7. The summed E-state index contributed by atoms with van der Waals surface area (Å²) in [5, 5.41) is 8.36. The molecule has 0 radical (unpaired) electrons. The van der Waals surface area contributed by atoms with Gasteiger partial charge >= 0.3 is 12.4 Å². The molecule has 1 fully saturated rings. The van der Waals surface area contributed by atoms with Crippen LogP contribution in [-0.4, -0.2) is 75.2 Å². The molecular formula is C21H21F6N7O3. The van der Waals surface area contributed by atoms with E-state index in [-0.39, 0.29) is 37.6 Å². The summed E-state index contributed by atoms with van der Waals surface area (Å²) in [6.07, 6.45) is -7.41. The number of pyridine rings is 1. The van der Waals surface area contributed by atoms with Gasteiger partial charge in [-0.25, -0.2) is 10.1 Å². The van der Waals surface area contributed by atoms with Crippen LogP contribution in [-0.2, 0) is 28.4 Å². The van der Waals surface area contributed by atoms with Crippen LogP contribution in [0, 0.1) is 0 Å². The van der Waals surface area contributed by atoms with Gasteiger partial charge < -0.3 is 14.5 Å². The maximum absolute atomic E-state index is 13.2. The molecule has 4 rings (SSSR count). The number of nitrogens with one attached hydrogen (secondary N) is 1. The number of anilines is 1. The molecule has 0 saturated carbocycles. The first-order valence-electron chi connectivity index (χ1n) is 11.1. The minimum Gasteiger partial charge on any atom is -0.379 e. The standard InChI is InChI=1S/C21H21F6N7O3/c22-20(23,24)13-1-2-15(28-11-13)32-4-6-33(7-5-32)16(35)3-9-37-10-8-34-14-12-29-30-19(36)17(14)18(31-34)21(25,26)27/h1-2,11-12H,3-10H2,(H,30,36). The topological polar surface area (TPSA) is 109 Å². The third-order valence-corrected chi connectivity index (χ3v) is 5.78. The molecule has 200 valence electrons. The summed E-state index contributed by atoms with van der Waals surface area (Å²) >= 11 is 0. The van der Waals surface area contributed by atoms with Crippen LogP contribution in [0.5, 0.6) is 0 Å². The number of carbonyl (C=O) groups excluding carboxylic acids is 1. The van der Waals surface area contributed by atoms with Crippen molar-refractivity contribution in [2.75, 3.05) is 44.3 Å². The average Bonchev–Trinajstić information content (AvgIpc) is 3.24. The summed E-state index contributed by atoms with van der Waals surface area (Å²) in [5.74, 6) is 0.195. The van der Waals surface area contributed by atoms with Crippen molar-refractivity contribution in [2.45, 2.75) is 25.3 Å². The van der Waals surface area contributed by atoms with Crippen LogP contribution in [0.2, 0.25) is 0 Å². The van der Waals surface area contributed by atoms with Crippen LogP contribution in [0.4, 0.5) is 32.2 Å². The van der Waals surface area contributed by atoms with E-state index in [1.54, 1.807) is 9.80 Å². The quantitative estimate of drug-likeness (QED) is 0.367. The summed E-state index contributed by atoms with van der Waals surface area (Å²) in [6, 6.07) is 2.25. The fourth-order valence-electron chi connectivity index (χ4n) is 3.90. The van der Waals surface area contributed by atoms with Crippen molar-refractivity contribution in [3.05, 3.63) is 46.1 Å². The Morgan fingerprint density at radius 3 is 2.35 bits per heavy atom. The molecule has 0 bridgehead atoms. The lowest BCUT2D eigenvalue weighted by Gasteiger charge is -2.35. The molecule has 0 unspecified atom stereocenters. The normalized spacial score (nSPS) is 15.0. The second kappa shape index (κ2) is 10.4. The Morgan fingerprint density at radius 1 is 1.00 bits per heavy atom. The van der Waals surface area contributed by atoms with Crippen molar-refractivity contribution < 1.29 is 35.9 Å². The molecule has 10 nitrogen and oxygen atoms in total. The van der Waals surface area contributed by atoms with Gasteiger partial charge in [0.15, 0.2) is 5.69 Å². The number of ether oxygens (including phenoxy) is 1. The van der Waals surface area contributed by atoms with Crippen molar-refractivity contribution in [3.63, 3.8) is 0 Å². The second-order valence-electron chi connectivity index (χ2n) is 8.16. The van der Waals surface area contributed by atoms with Crippen LogP contribution in [0.15, 0.2) is 29.3 Å². The number of piperazine rings is 1. The summed E-state index contributed by atoms with van der Waals surface area (Å²) in [6.45, 7) is 1.36. The third-order valence-electron chi connectivity index (χ3n) is 5.78. The van der Waals surface area contributed by atoms with Gasteiger partial charge in [0.1, 0.15) is 11.2 Å². The molecule has 4 heterocycles. The molecule has 3 aromatic rings. The van der Waals surface area contributed by atoms with E-state index in [1.807, 2.05) is 5.10 Å². The van der Waals surface area contributed by atoms with E-state index < -0.39 is 34.6 Å². The molecule has 16 heteroatoms. The van der Waals surface area contributed by atoms with Crippen LogP contribution in [0.1, 0.15) is 17.7 Å². The second-order valence-corrected chi connectivity index (χ2v) is 8.16. The van der Waals surface area contributed by atoms with Gasteiger partial charge in [-0.2, -0.15) is 36.5 Å². The number of nitrogens with zero attached hydrogens (tertiary/aromatic N) is 6. The number of aromatic nitrogens is 5. The Labute approximate surface area is 204 Å². The monoisotopic (exact) mass is 533 g/mol. The van der Waals surface area contributed by atoms with Crippen molar-refractivity contribution in [2.24, 2.45) is 0 Å². The Balaban J connectivity index is 1.23. The minimum atomic E-state index is -4.82. The Hall–Kier alpha value is -3.69. The lowest BCUT2D eigenvalue weighted by Crippen LogP contribution is -2.49. The van der Waals surface area contributed by atoms with E-state index >= 15 is 0 Å². The number of H-pyrrole nitrogens is 1.